The Morgan fingerprint density at radius 2 is 2.04 bits per heavy atom. The number of sulfonamides is 1. The number of nitrogens with one attached hydrogen (secondary N) is 1. The average Bonchev–Trinajstić information content (AvgIpc) is 3.15. The zero-order valence-corrected chi connectivity index (χ0v) is 16.5. The maximum atomic E-state index is 12.6. The van der Waals surface area contributed by atoms with E-state index < -0.39 is 16.0 Å². The van der Waals surface area contributed by atoms with Gasteiger partial charge in [-0.05, 0) is 36.8 Å². The van der Waals surface area contributed by atoms with Crippen LogP contribution in [0.4, 0.5) is 0 Å². The fraction of sp³-hybridized carbons (Fsp3) is 0.167. The van der Waals surface area contributed by atoms with E-state index in [0.29, 0.717) is 22.0 Å². The number of hydrogen-bond acceptors (Lipinski definition) is 7. The van der Waals surface area contributed by atoms with Gasteiger partial charge < -0.3 is 9.26 Å². The SMILES string of the molecule is COC(=O)c1ccc(C)c(S(=O)(=O)NCc2nc(-c3cccc(Cl)c3)no2)c1. The largest absolute Gasteiger partial charge is 0.465 e. The average molecular weight is 422 g/mol. The first kappa shape index (κ1) is 20.0. The summed E-state index contributed by atoms with van der Waals surface area (Å²) in [4.78, 5) is 15.8. The van der Waals surface area contributed by atoms with E-state index in [1.807, 2.05) is 0 Å². The van der Waals surface area contributed by atoms with Crippen molar-refractivity contribution in [2.75, 3.05) is 7.11 Å². The maximum absolute atomic E-state index is 12.6. The number of benzene rings is 2. The van der Waals surface area contributed by atoms with E-state index in [2.05, 4.69) is 19.6 Å². The Labute approximate surface area is 166 Å². The molecule has 8 nitrogen and oxygen atoms in total. The van der Waals surface area contributed by atoms with Gasteiger partial charge in [-0.3, -0.25) is 0 Å². The molecule has 28 heavy (non-hydrogen) atoms. The van der Waals surface area contributed by atoms with Gasteiger partial charge in [0.15, 0.2) is 0 Å². The fourth-order valence-corrected chi connectivity index (χ4v) is 3.87. The number of carbonyl (C=O) groups is 1. The van der Waals surface area contributed by atoms with Gasteiger partial charge in [-0.2, -0.15) is 4.98 Å². The van der Waals surface area contributed by atoms with Crippen molar-refractivity contribution < 1.29 is 22.5 Å². The first-order valence-electron chi connectivity index (χ1n) is 8.07. The van der Waals surface area contributed by atoms with Crippen LogP contribution in [0.15, 0.2) is 51.9 Å². The Hall–Kier alpha value is -2.75. The summed E-state index contributed by atoms with van der Waals surface area (Å²) in [6.07, 6.45) is 0. The zero-order chi connectivity index (χ0) is 20.3. The van der Waals surface area contributed by atoms with Gasteiger partial charge in [0.1, 0.15) is 0 Å². The molecular weight excluding hydrogens is 406 g/mol. The quantitative estimate of drug-likeness (QED) is 0.609. The molecule has 0 bridgehead atoms. The minimum Gasteiger partial charge on any atom is -0.465 e. The number of carbonyl (C=O) groups excluding carboxylic acids is 1. The highest BCUT2D eigenvalue weighted by Crippen LogP contribution is 2.21. The van der Waals surface area contributed by atoms with Crippen LogP contribution in [-0.2, 0) is 21.3 Å². The molecule has 0 atom stereocenters. The van der Waals surface area contributed by atoms with E-state index in [9.17, 15) is 13.2 Å². The summed E-state index contributed by atoms with van der Waals surface area (Å²) in [7, 11) is -2.70. The lowest BCUT2D eigenvalue weighted by Gasteiger charge is -2.09. The van der Waals surface area contributed by atoms with Crippen molar-refractivity contribution in [1.82, 2.24) is 14.9 Å². The lowest BCUT2D eigenvalue weighted by atomic mass is 10.1. The van der Waals surface area contributed by atoms with Crippen molar-refractivity contribution in [2.45, 2.75) is 18.4 Å². The predicted octanol–water partition coefficient (Wildman–Crippen LogP) is 2.96. The van der Waals surface area contributed by atoms with Gasteiger partial charge in [-0.1, -0.05) is 35.0 Å². The minimum atomic E-state index is -3.92. The number of nitrogens with zero attached hydrogens (tertiary/aromatic N) is 2. The molecule has 3 rings (SSSR count). The molecule has 1 N–H and O–H groups in total. The number of esters is 1. The van der Waals surface area contributed by atoms with E-state index in [1.165, 1.54) is 25.3 Å². The number of rotatable bonds is 6. The van der Waals surface area contributed by atoms with E-state index in [0.717, 1.165) is 0 Å². The predicted molar refractivity (Wildman–Crippen MR) is 101 cm³/mol. The molecule has 0 aliphatic heterocycles. The molecule has 2 aromatic carbocycles. The summed E-state index contributed by atoms with van der Waals surface area (Å²) in [5.41, 5.74) is 1.26. The molecule has 146 valence electrons. The van der Waals surface area contributed by atoms with Crippen molar-refractivity contribution in [1.29, 1.82) is 0 Å². The number of aromatic nitrogens is 2. The van der Waals surface area contributed by atoms with Gasteiger partial charge in [-0.25, -0.2) is 17.9 Å². The number of methoxy groups -OCH3 is 1. The molecule has 0 radical (unpaired) electrons. The van der Waals surface area contributed by atoms with Crippen LogP contribution >= 0.6 is 11.6 Å². The zero-order valence-electron chi connectivity index (χ0n) is 15.0. The van der Waals surface area contributed by atoms with Gasteiger partial charge in [0.2, 0.25) is 21.7 Å². The Kier molecular flexibility index (Phi) is 5.78. The van der Waals surface area contributed by atoms with Crippen LogP contribution in [0.5, 0.6) is 0 Å². The highest BCUT2D eigenvalue weighted by Gasteiger charge is 2.20. The van der Waals surface area contributed by atoms with Gasteiger partial charge >= 0.3 is 5.97 Å². The monoisotopic (exact) mass is 421 g/mol. The van der Waals surface area contributed by atoms with Gasteiger partial charge in [0, 0.05) is 10.6 Å². The Morgan fingerprint density at radius 1 is 1.25 bits per heavy atom. The minimum absolute atomic E-state index is 0.0371. The Balaban J connectivity index is 1.78. The lowest BCUT2D eigenvalue weighted by Crippen LogP contribution is -2.24. The van der Waals surface area contributed by atoms with Crippen LogP contribution in [0.2, 0.25) is 5.02 Å². The molecule has 0 saturated heterocycles. The standard InChI is InChI=1S/C18H16ClN3O5S/c1-11-6-7-13(18(23)26-2)9-15(11)28(24,25)20-10-16-21-17(22-27-16)12-4-3-5-14(19)8-12/h3-9,20H,10H2,1-2H3. The third kappa shape index (κ3) is 4.38. The second-order valence-corrected chi connectivity index (χ2v) is 7.99. The third-order valence-electron chi connectivity index (χ3n) is 3.86. The highest BCUT2D eigenvalue weighted by atomic mass is 35.5. The normalized spacial score (nSPS) is 11.4. The molecule has 0 unspecified atom stereocenters. The van der Waals surface area contributed by atoms with E-state index in [4.69, 9.17) is 16.1 Å². The first-order valence-corrected chi connectivity index (χ1v) is 9.93. The van der Waals surface area contributed by atoms with Crippen LogP contribution in [0.25, 0.3) is 11.4 Å². The molecule has 0 saturated carbocycles. The summed E-state index contributed by atoms with van der Waals surface area (Å²) in [5.74, 6) is -0.250. The Bertz CT molecular complexity index is 1130. The van der Waals surface area contributed by atoms with Gasteiger partial charge in [0.25, 0.3) is 0 Å². The van der Waals surface area contributed by atoms with Gasteiger partial charge in [0.05, 0.1) is 24.1 Å². The number of aryl methyl sites for hydroxylation is 1. The van der Waals surface area contributed by atoms with E-state index >= 15 is 0 Å². The molecular formula is C18H16ClN3O5S. The summed E-state index contributed by atoms with van der Waals surface area (Å²) in [6, 6.07) is 11.2. The molecule has 1 heterocycles. The second-order valence-electron chi connectivity index (χ2n) is 5.82. The van der Waals surface area contributed by atoms with Crippen LogP contribution in [0.3, 0.4) is 0 Å². The molecule has 0 aliphatic rings. The molecule has 0 fully saturated rings. The first-order chi connectivity index (χ1) is 13.3. The van der Waals surface area contributed by atoms with E-state index in [1.54, 1.807) is 31.2 Å². The van der Waals surface area contributed by atoms with E-state index in [-0.39, 0.29) is 22.9 Å². The lowest BCUT2D eigenvalue weighted by molar-refractivity contribution is 0.0600. The summed E-state index contributed by atoms with van der Waals surface area (Å²) < 4.78 is 37.4. The second kappa shape index (κ2) is 8.09. The molecule has 1 aromatic heterocycles. The maximum Gasteiger partial charge on any atom is 0.337 e. The van der Waals surface area contributed by atoms with Crippen molar-refractivity contribution in [3.8, 4) is 11.4 Å². The smallest absolute Gasteiger partial charge is 0.337 e. The Morgan fingerprint density at radius 3 is 2.75 bits per heavy atom. The molecule has 0 spiro atoms. The topological polar surface area (TPSA) is 111 Å². The third-order valence-corrected chi connectivity index (χ3v) is 5.64. The molecule has 3 aromatic rings. The molecule has 0 amide bonds. The summed E-state index contributed by atoms with van der Waals surface area (Å²) >= 11 is 5.94. The van der Waals surface area contributed by atoms with Crippen molar-refractivity contribution in [2.24, 2.45) is 0 Å². The van der Waals surface area contributed by atoms with Gasteiger partial charge in [-0.15, -0.1) is 0 Å². The van der Waals surface area contributed by atoms with Crippen molar-refractivity contribution in [3.05, 3.63) is 64.5 Å². The van der Waals surface area contributed by atoms with Crippen LogP contribution < -0.4 is 4.72 Å². The van der Waals surface area contributed by atoms with Crippen molar-refractivity contribution in [3.63, 3.8) is 0 Å². The van der Waals surface area contributed by atoms with Crippen LogP contribution in [0.1, 0.15) is 21.8 Å². The summed E-state index contributed by atoms with van der Waals surface area (Å²) in [6.45, 7) is 1.41. The fourth-order valence-electron chi connectivity index (χ4n) is 2.44. The summed E-state index contributed by atoms with van der Waals surface area (Å²) in [5, 5.41) is 4.35. The van der Waals surface area contributed by atoms with Crippen molar-refractivity contribution >= 4 is 27.6 Å². The van der Waals surface area contributed by atoms with Crippen LogP contribution in [0, 0.1) is 6.92 Å². The van der Waals surface area contributed by atoms with Crippen LogP contribution in [-0.4, -0.2) is 31.6 Å². The number of ether oxygens (including phenoxy) is 1. The molecule has 10 heteroatoms. The highest BCUT2D eigenvalue weighted by molar-refractivity contribution is 7.89. The number of hydrogen-bond donors (Lipinski definition) is 1. The number of halogens is 1. The molecule has 0 aliphatic carbocycles.